The Bertz CT molecular complexity index is 1650. The Hall–Kier alpha value is -4.46. The van der Waals surface area contributed by atoms with Crippen LogP contribution in [0.5, 0.6) is 0 Å². The third kappa shape index (κ3) is 4.77. The average molecular weight is 553 g/mol. The quantitative estimate of drug-likeness (QED) is 0.297. The van der Waals surface area contributed by atoms with E-state index in [0.29, 0.717) is 31.4 Å². The fourth-order valence-corrected chi connectivity index (χ4v) is 6.22. The van der Waals surface area contributed by atoms with Crippen LogP contribution in [0, 0.1) is 11.7 Å². The van der Waals surface area contributed by atoms with E-state index in [1.165, 1.54) is 12.1 Å². The summed E-state index contributed by atoms with van der Waals surface area (Å²) in [5.74, 6) is -1.28. The van der Waals surface area contributed by atoms with Gasteiger partial charge in [-0.2, -0.15) is 0 Å². The highest BCUT2D eigenvalue weighted by molar-refractivity contribution is 6.04. The molecule has 0 saturated carbocycles. The number of carbonyl (C=O) groups excluding carboxylic acids is 3. The van der Waals surface area contributed by atoms with E-state index in [1.807, 2.05) is 62.4 Å². The first kappa shape index (κ1) is 26.7. The number of benzene rings is 3. The lowest BCUT2D eigenvalue weighted by atomic mass is 9.89. The van der Waals surface area contributed by atoms with E-state index in [4.69, 9.17) is 0 Å². The third-order valence-corrected chi connectivity index (χ3v) is 8.55. The maximum absolute atomic E-state index is 14.0. The van der Waals surface area contributed by atoms with Crippen molar-refractivity contribution >= 4 is 28.6 Å². The van der Waals surface area contributed by atoms with Gasteiger partial charge in [0.05, 0.1) is 6.04 Å². The van der Waals surface area contributed by atoms with Crippen LogP contribution >= 0.6 is 0 Å². The first-order chi connectivity index (χ1) is 19.9. The summed E-state index contributed by atoms with van der Waals surface area (Å²) < 4.78 is 13.6. The van der Waals surface area contributed by atoms with Crippen LogP contribution in [0.15, 0.2) is 72.8 Å². The van der Waals surface area contributed by atoms with Gasteiger partial charge in [0, 0.05) is 35.1 Å². The summed E-state index contributed by atoms with van der Waals surface area (Å²) >= 11 is 0. The largest absolute Gasteiger partial charge is 0.356 e. The molecule has 0 radical (unpaired) electrons. The molecular weight excluding hydrogens is 519 g/mol. The van der Waals surface area contributed by atoms with Gasteiger partial charge in [0.15, 0.2) is 0 Å². The second-order valence-electron chi connectivity index (χ2n) is 11.0. The molecule has 2 aliphatic rings. The number of rotatable bonds is 8. The number of aromatic amines is 1. The van der Waals surface area contributed by atoms with Crippen molar-refractivity contribution in [2.75, 3.05) is 6.54 Å². The summed E-state index contributed by atoms with van der Waals surface area (Å²) in [5, 5.41) is 6.96. The molecule has 4 aromatic rings. The number of hydrogen-bond acceptors (Lipinski definition) is 3. The molecule has 0 spiro atoms. The number of amides is 3. The minimum atomic E-state index is -0.779. The Kier molecular flexibility index (Phi) is 7.07. The summed E-state index contributed by atoms with van der Waals surface area (Å²) in [5.41, 5.74) is 5.16. The second kappa shape index (κ2) is 10.8. The van der Waals surface area contributed by atoms with Gasteiger partial charge in [-0.25, -0.2) is 4.39 Å². The second-order valence-corrected chi connectivity index (χ2v) is 11.0. The number of aromatic nitrogens is 1. The molecule has 3 N–H and O–H groups in total. The van der Waals surface area contributed by atoms with Gasteiger partial charge < -0.3 is 20.5 Å². The molecule has 41 heavy (non-hydrogen) atoms. The summed E-state index contributed by atoms with van der Waals surface area (Å²) in [6.45, 7) is 4.21. The van der Waals surface area contributed by atoms with Crippen molar-refractivity contribution in [3.63, 3.8) is 0 Å². The summed E-state index contributed by atoms with van der Waals surface area (Å²) in [7, 11) is 0. The molecule has 2 aliphatic heterocycles. The van der Waals surface area contributed by atoms with Crippen LogP contribution < -0.4 is 10.6 Å². The van der Waals surface area contributed by atoms with Crippen LogP contribution in [0.3, 0.4) is 0 Å². The Morgan fingerprint density at radius 2 is 1.85 bits per heavy atom. The van der Waals surface area contributed by atoms with Crippen LogP contribution in [0.2, 0.25) is 0 Å². The van der Waals surface area contributed by atoms with Crippen molar-refractivity contribution in [1.82, 2.24) is 20.5 Å². The molecular formula is C33H33FN4O3. The van der Waals surface area contributed by atoms with Crippen molar-refractivity contribution in [3.05, 3.63) is 107 Å². The lowest BCUT2D eigenvalue weighted by molar-refractivity contribution is -0.133. The molecule has 3 aromatic carbocycles. The molecule has 3 amide bonds. The van der Waals surface area contributed by atoms with Gasteiger partial charge in [-0.05, 0) is 53.3 Å². The molecule has 3 heterocycles. The number of nitrogens with one attached hydrogen (secondary N) is 3. The fraction of sp³-hybridized carbons (Fsp3) is 0.303. The summed E-state index contributed by atoms with van der Waals surface area (Å²) in [6.07, 6.45) is 1.49. The van der Waals surface area contributed by atoms with E-state index in [0.717, 1.165) is 33.3 Å². The first-order valence-corrected chi connectivity index (χ1v) is 14.2. The predicted molar refractivity (Wildman–Crippen MR) is 155 cm³/mol. The lowest BCUT2D eigenvalue weighted by Gasteiger charge is -2.38. The van der Waals surface area contributed by atoms with Crippen molar-refractivity contribution < 1.29 is 18.8 Å². The summed E-state index contributed by atoms with van der Waals surface area (Å²) in [6, 6.07) is 19.8. The summed E-state index contributed by atoms with van der Waals surface area (Å²) in [4.78, 5) is 46.3. The van der Waals surface area contributed by atoms with Gasteiger partial charge in [-0.1, -0.05) is 68.8 Å². The van der Waals surface area contributed by atoms with E-state index in [1.54, 1.807) is 17.0 Å². The standard InChI is InChI=1S/C33H33FN4O3/c1-3-19(2)28(32(40)35-16-15-20-9-8-10-21(34)17-20)37-31(39)27-18-25-22-11-6-7-14-26(22)36-29(25)30-23-12-4-5-13-24(23)33(41)38(27)30/h4-14,17,19,27-28,30,36H,3,15-16,18H2,1-2H3,(H,35,40)(H,37,39)/t19-,27+,28+,30-/m1/s1. The van der Waals surface area contributed by atoms with E-state index >= 15 is 0 Å². The highest BCUT2D eigenvalue weighted by Crippen LogP contribution is 2.46. The lowest BCUT2D eigenvalue weighted by Crippen LogP contribution is -2.58. The maximum atomic E-state index is 14.0. The van der Waals surface area contributed by atoms with Gasteiger partial charge in [0.1, 0.15) is 17.9 Å². The number of hydrogen-bond donors (Lipinski definition) is 3. The molecule has 8 heteroatoms. The Balaban J connectivity index is 1.27. The molecule has 6 rings (SSSR count). The zero-order chi connectivity index (χ0) is 28.7. The minimum absolute atomic E-state index is 0.136. The molecule has 0 bridgehead atoms. The van der Waals surface area contributed by atoms with Crippen LogP contribution in [0.25, 0.3) is 10.9 Å². The van der Waals surface area contributed by atoms with Gasteiger partial charge in [0.25, 0.3) is 5.91 Å². The molecule has 1 aromatic heterocycles. The van der Waals surface area contributed by atoms with Crippen molar-refractivity contribution in [1.29, 1.82) is 0 Å². The molecule has 0 saturated heterocycles. The molecule has 4 atom stereocenters. The normalized spacial score (nSPS) is 18.8. The van der Waals surface area contributed by atoms with Crippen LogP contribution in [-0.4, -0.2) is 46.2 Å². The third-order valence-electron chi connectivity index (χ3n) is 8.55. The first-order valence-electron chi connectivity index (χ1n) is 14.2. The molecule has 0 fully saturated rings. The van der Waals surface area contributed by atoms with Crippen LogP contribution in [-0.2, 0) is 22.4 Å². The Morgan fingerprint density at radius 1 is 1.07 bits per heavy atom. The zero-order valence-electron chi connectivity index (χ0n) is 23.1. The van der Waals surface area contributed by atoms with E-state index in [-0.39, 0.29) is 29.5 Å². The average Bonchev–Trinajstić information content (AvgIpc) is 3.50. The SMILES string of the molecule is CC[C@@H](C)[C@H](NC(=O)[C@@H]1Cc2c([nH]c3ccccc23)[C@H]2c3ccccc3C(=O)N21)C(=O)NCCc1cccc(F)c1. The molecule has 7 nitrogen and oxygen atoms in total. The number of carbonyl (C=O) groups is 3. The van der Waals surface area contributed by atoms with Gasteiger partial charge in [-0.15, -0.1) is 0 Å². The monoisotopic (exact) mass is 552 g/mol. The van der Waals surface area contributed by atoms with E-state index < -0.39 is 18.1 Å². The molecule has 210 valence electrons. The van der Waals surface area contributed by atoms with E-state index in [9.17, 15) is 18.8 Å². The number of halogens is 1. The maximum Gasteiger partial charge on any atom is 0.255 e. The zero-order valence-corrected chi connectivity index (χ0v) is 23.1. The number of nitrogens with zero attached hydrogens (tertiary/aromatic N) is 1. The van der Waals surface area contributed by atoms with Crippen LogP contribution in [0.4, 0.5) is 4.39 Å². The van der Waals surface area contributed by atoms with Crippen molar-refractivity contribution in [2.45, 2.75) is 51.2 Å². The number of H-pyrrole nitrogens is 1. The fourth-order valence-electron chi connectivity index (χ4n) is 6.22. The van der Waals surface area contributed by atoms with Gasteiger partial charge in [-0.3, -0.25) is 14.4 Å². The number of fused-ring (bicyclic) bond motifs is 7. The Morgan fingerprint density at radius 3 is 2.66 bits per heavy atom. The minimum Gasteiger partial charge on any atom is -0.356 e. The van der Waals surface area contributed by atoms with Gasteiger partial charge >= 0.3 is 0 Å². The molecule has 0 aliphatic carbocycles. The smallest absolute Gasteiger partial charge is 0.255 e. The number of para-hydroxylation sites is 1. The van der Waals surface area contributed by atoms with E-state index in [2.05, 4.69) is 15.6 Å². The highest BCUT2D eigenvalue weighted by atomic mass is 19.1. The van der Waals surface area contributed by atoms with Crippen molar-refractivity contribution in [3.8, 4) is 0 Å². The van der Waals surface area contributed by atoms with Crippen molar-refractivity contribution in [2.24, 2.45) is 5.92 Å². The predicted octanol–water partition coefficient (Wildman–Crippen LogP) is 4.67. The highest BCUT2D eigenvalue weighted by Gasteiger charge is 2.49. The van der Waals surface area contributed by atoms with Gasteiger partial charge in [0.2, 0.25) is 11.8 Å². The topological polar surface area (TPSA) is 94.3 Å². The Labute approximate surface area is 238 Å². The van der Waals surface area contributed by atoms with Crippen LogP contribution in [0.1, 0.15) is 59.1 Å². The molecule has 0 unspecified atom stereocenters.